The molecule has 1 atom stereocenters. The quantitative estimate of drug-likeness (QED) is 0.187. The highest BCUT2D eigenvalue weighted by Gasteiger charge is 2.28. The molecule has 4 nitrogen and oxygen atoms in total. The molecule has 1 aliphatic heterocycles. The van der Waals surface area contributed by atoms with E-state index in [-0.39, 0.29) is 0 Å². The fourth-order valence-electron chi connectivity index (χ4n) is 6.91. The van der Waals surface area contributed by atoms with Crippen LogP contribution in [0.3, 0.4) is 0 Å². The smallest absolute Gasteiger partial charge is 0.164 e. The van der Waals surface area contributed by atoms with Gasteiger partial charge in [0.1, 0.15) is 11.2 Å². The Bertz CT molecular complexity index is 2610. The van der Waals surface area contributed by atoms with Crippen molar-refractivity contribution in [3.05, 3.63) is 139 Å². The number of rotatable bonds is 3. The van der Waals surface area contributed by atoms with Gasteiger partial charge in [-0.2, -0.15) is 0 Å². The zero-order chi connectivity index (χ0) is 30.2. The minimum Gasteiger partial charge on any atom is -0.456 e. The lowest BCUT2D eigenvalue weighted by atomic mass is 9.96. The van der Waals surface area contributed by atoms with Crippen LogP contribution in [0.25, 0.3) is 83.2 Å². The van der Waals surface area contributed by atoms with Gasteiger partial charge in [0.2, 0.25) is 0 Å². The topological polar surface area (TPSA) is 51.8 Å². The zero-order valence-electron chi connectivity index (χ0n) is 24.6. The standard InChI is InChI=1S/C41H25N3OS/c1-2-8-29-24(7-1)13-14-25-21-26(15-18-30(25)29)39-42-40(27-16-19-32-31-9-3-5-11-35(31)45-36(32)22-27)44-41(43-39)28-17-20-34-33-10-4-6-12-37(33)46-38(34)23-28/h1-11,13-23,37H,12H2. The summed E-state index contributed by atoms with van der Waals surface area (Å²) in [4.78, 5) is 16.5. The molecule has 0 N–H and O–H groups in total. The van der Waals surface area contributed by atoms with Crippen LogP contribution in [0.5, 0.6) is 0 Å². The van der Waals surface area contributed by atoms with Gasteiger partial charge in [0.25, 0.3) is 0 Å². The van der Waals surface area contributed by atoms with E-state index >= 15 is 0 Å². The lowest BCUT2D eigenvalue weighted by Crippen LogP contribution is -2.01. The molecule has 8 aromatic rings. The average Bonchev–Trinajstić information content (AvgIpc) is 3.68. The van der Waals surface area contributed by atoms with Gasteiger partial charge in [0, 0.05) is 37.6 Å². The zero-order valence-corrected chi connectivity index (χ0v) is 25.5. The molecule has 0 saturated carbocycles. The molecule has 46 heavy (non-hydrogen) atoms. The molecule has 1 aliphatic carbocycles. The van der Waals surface area contributed by atoms with Gasteiger partial charge in [-0.15, -0.1) is 11.8 Å². The second-order valence-corrected chi connectivity index (χ2v) is 13.2. The molecule has 0 amide bonds. The van der Waals surface area contributed by atoms with Crippen molar-refractivity contribution in [1.29, 1.82) is 0 Å². The molecule has 2 aliphatic rings. The molecule has 0 spiro atoms. The van der Waals surface area contributed by atoms with Crippen LogP contribution in [-0.2, 0) is 0 Å². The Kier molecular flexibility index (Phi) is 5.60. The number of allylic oxidation sites excluding steroid dienone is 3. The van der Waals surface area contributed by atoms with Gasteiger partial charge in [-0.1, -0.05) is 103 Å². The van der Waals surface area contributed by atoms with E-state index in [1.54, 1.807) is 0 Å². The number of para-hydroxylation sites is 1. The first-order valence-corrected chi connectivity index (χ1v) is 16.4. The molecular weight excluding hydrogens is 583 g/mol. The Hall–Kier alpha value is -5.52. The first-order valence-electron chi connectivity index (χ1n) is 15.5. The highest BCUT2D eigenvalue weighted by atomic mass is 32.2. The van der Waals surface area contributed by atoms with Crippen molar-refractivity contribution in [1.82, 2.24) is 15.0 Å². The number of hydrogen-bond acceptors (Lipinski definition) is 5. The maximum absolute atomic E-state index is 6.24. The van der Waals surface area contributed by atoms with Gasteiger partial charge >= 0.3 is 0 Å². The van der Waals surface area contributed by atoms with Gasteiger partial charge < -0.3 is 4.42 Å². The maximum atomic E-state index is 6.24. The maximum Gasteiger partial charge on any atom is 0.164 e. The van der Waals surface area contributed by atoms with Crippen molar-refractivity contribution in [3.63, 3.8) is 0 Å². The van der Waals surface area contributed by atoms with Gasteiger partial charge in [0.05, 0.1) is 0 Å². The first kappa shape index (κ1) is 25.8. The molecule has 216 valence electrons. The van der Waals surface area contributed by atoms with Gasteiger partial charge in [-0.05, 0) is 69.4 Å². The number of hydrogen-bond donors (Lipinski definition) is 0. The summed E-state index contributed by atoms with van der Waals surface area (Å²) in [7, 11) is 0. The number of aromatic nitrogens is 3. The molecule has 0 fully saturated rings. The third kappa shape index (κ3) is 4.05. The number of nitrogens with zero attached hydrogens (tertiary/aromatic N) is 3. The molecule has 0 bridgehead atoms. The highest BCUT2D eigenvalue weighted by Crippen LogP contribution is 2.48. The van der Waals surface area contributed by atoms with Crippen LogP contribution < -0.4 is 0 Å². The monoisotopic (exact) mass is 607 g/mol. The normalized spacial score (nSPS) is 15.5. The van der Waals surface area contributed by atoms with E-state index in [0.717, 1.165) is 50.4 Å². The Labute approximate surface area is 269 Å². The SMILES string of the molecule is C1=CCC2Sc3cc(-c4nc(-c5ccc6c(ccc7ccccc76)c5)nc(-c5ccc6c(c5)oc5ccccc56)n4)ccc3C2=C1. The summed E-state index contributed by atoms with van der Waals surface area (Å²) in [5.41, 5.74) is 7.25. The Morgan fingerprint density at radius 1 is 0.565 bits per heavy atom. The van der Waals surface area contributed by atoms with Gasteiger partial charge in [0.15, 0.2) is 17.5 Å². The summed E-state index contributed by atoms with van der Waals surface area (Å²) in [5, 5.41) is 7.50. The molecular formula is C41H25N3OS. The Morgan fingerprint density at radius 3 is 2.09 bits per heavy atom. The lowest BCUT2D eigenvalue weighted by molar-refractivity contribution is 0.669. The van der Waals surface area contributed by atoms with Crippen molar-refractivity contribution in [3.8, 4) is 34.2 Å². The predicted molar refractivity (Wildman–Crippen MR) is 190 cm³/mol. The molecule has 0 saturated heterocycles. The van der Waals surface area contributed by atoms with Crippen molar-refractivity contribution in [2.24, 2.45) is 0 Å². The molecule has 6 aromatic carbocycles. The van der Waals surface area contributed by atoms with Crippen LogP contribution >= 0.6 is 11.8 Å². The minimum atomic E-state index is 0.476. The van der Waals surface area contributed by atoms with Crippen molar-refractivity contribution < 1.29 is 4.42 Å². The summed E-state index contributed by atoms with van der Waals surface area (Å²) < 4.78 is 6.24. The van der Waals surface area contributed by atoms with E-state index in [9.17, 15) is 0 Å². The number of thioether (sulfide) groups is 1. The summed E-state index contributed by atoms with van der Waals surface area (Å²) >= 11 is 1.93. The fraction of sp³-hybridized carbons (Fsp3) is 0.0488. The van der Waals surface area contributed by atoms with E-state index in [4.69, 9.17) is 19.4 Å². The Balaban J connectivity index is 1.15. The van der Waals surface area contributed by atoms with Crippen molar-refractivity contribution in [2.45, 2.75) is 16.6 Å². The summed E-state index contributed by atoms with van der Waals surface area (Å²) in [6.45, 7) is 0. The summed E-state index contributed by atoms with van der Waals surface area (Å²) in [5.74, 6) is 1.93. The van der Waals surface area contributed by atoms with E-state index < -0.39 is 0 Å². The second kappa shape index (κ2) is 9.99. The molecule has 0 radical (unpaired) electrons. The minimum absolute atomic E-state index is 0.476. The molecule has 3 heterocycles. The molecule has 1 unspecified atom stereocenters. The van der Waals surface area contributed by atoms with Crippen molar-refractivity contribution in [2.75, 3.05) is 0 Å². The van der Waals surface area contributed by atoms with E-state index in [0.29, 0.717) is 22.7 Å². The van der Waals surface area contributed by atoms with Crippen LogP contribution in [0.4, 0.5) is 0 Å². The van der Waals surface area contributed by atoms with Gasteiger partial charge in [-0.25, -0.2) is 15.0 Å². The van der Waals surface area contributed by atoms with Crippen LogP contribution in [-0.4, -0.2) is 20.2 Å². The molecule has 2 aromatic heterocycles. The van der Waals surface area contributed by atoms with Crippen LogP contribution in [0.1, 0.15) is 12.0 Å². The third-order valence-corrected chi connectivity index (χ3v) is 10.5. The Morgan fingerprint density at radius 2 is 1.22 bits per heavy atom. The van der Waals surface area contributed by atoms with Crippen LogP contribution in [0.2, 0.25) is 0 Å². The van der Waals surface area contributed by atoms with Gasteiger partial charge in [-0.3, -0.25) is 0 Å². The predicted octanol–water partition coefficient (Wildman–Crippen LogP) is 10.9. The summed E-state index contributed by atoms with van der Waals surface area (Å²) in [6, 6.07) is 40.4. The van der Waals surface area contributed by atoms with E-state index in [1.165, 1.54) is 32.2 Å². The van der Waals surface area contributed by atoms with Crippen LogP contribution in [0, 0.1) is 0 Å². The molecule has 5 heteroatoms. The second-order valence-electron chi connectivity index (χ2n) is 11.9. The first-order chi connectivity index (χ1) is 22.7. The third-order valence-electron chi connectivity index (χ3n) is 9.20. The lowest BCUT2D eigenvalue weighted by Gasteiger charge is -2.11. The van der Waals surface area contributed by atoms with Crippen molar-refractivity contribution >= 4 is 60.8 Å². The van der Waals surface area contributed by atoms with E-state index in [2.05, 4.69) is 109 Å². The highest BCUT2D eigenvalue weighted by molar-refractivity contribution is 8.00. The number of fused-ring (bicyclic) bond motifs is 9. The molecule has 10 rings (SSSR count). The number of furan rings is 1. The van der Waals surface area contributed by atoms with E-state index in [1.807, 2.05) is 36.0 Å². The number of benzene rings is 6. The fourth-order valence-corrected chi connectivity index (χ4v) is 8.27. The largest absolute Gasteiger partial charge is 0.456 e. The summed E-state index contributed by atoms with van der Waals surface area (Å²) in [6.07, 6.45) is 7.74. The average molecular weight is 608 g/mol. The van der Waals surface area contributed by atoms with Crippen LogP contribution in [0.15, 0.2) is 143 Å².